The summed E-state index contributed by atoms with van der Waals surface area (Å²) in [6.07, 6.45) is 2.82. The van der Waals surface area contributed by atoms with Gasteiger partial charge in [0.1, 0.15) is 5.75 Å². The number of methoxy groups -OCH3 is 1. The first kappa shape index (κ1) is 23.2. The van der Waals surface area contributed by atoms with E-state index in [0.29, 0.717) is 23.9 Å². The van der Waals surface area contributed by atoms with Crippen molar-refractivity contribution in [2.24, 2.45) is 0 Å². The Kier molecular flexibility index (Phi) is 7.26. The Morgan fingerprint density at radius 3 is 2.42 bits per heavy atom. The van der Waals surface area contributed by atoms with Crippen molar-refractivity contribution in [3.63, 3.8) is 0 Å². The quantitative estimate of drug-likeness (QED) is 0.481. The van der Waals surface area contributed by atoms with Crippen molar-refractivity contribution in [1.29, 1.82) is 0 Å². The third-order valence-electron chi connectivity index (χ3n) is 5.18. The number of amides is 1. The number of carbonyl (C=O) groups excluding carboxylic acids is 1. The van der Waals surface area contributed by atoms with E-state index < -0.39 is 10.0 Å². The van der Waals surface area contributed by atoms with Crippen LogP contribution in [0.15, 0.2) is 58.6 Å². The van der Waals surface area contributed by atoms with E-state index in [0.717, 1.165) is 30.7 Å². The topological polar surface area (TPSA) is 119 Å². The first-order chi connectivity index (χ1) is 16.0. The smallest absolute Gasteiger partial charge is 0.243 e. The molecule has 1 saturated heterocycles. The minimum Gasteiger partial charge on any atom is -0.497 e. The standard InChI is InChI=1S/C21H24N6O4S2/c1-31-18-9-7-17(8-10-18)27-21(23-24-25-27)32-15-20(28)22-16-5-11-19(12-6-16)33(29,30)26-13-3-2-4-14-26/h5-12H,2-4,13-15H2,1H3,(H,22,28). The van der Waals surface area contributed by atoms with Gasteiger partial charge in [-0.3, -0.25) is 4.79 Å². The van der Waals surface area contributed by atoms with Crippen LogP contribution in [0.3, 0.4) is 0 Å². The first-order valence-electron chi connectivity index (χ1n) is 10.4. The Morgan fingerprint density at radius 1 is 1.06 bits per heavy atom. The maximum atomic E-state index is 12.7. The minimum atomic E-state index is -3.50. The van der Waals surface area contributed by atoms with Crippen molar-refractivity contribution in [3.05, 3.63) is 48.5 Å². The summed E-state index contributed by atoms with van der Waals surface area (Å²) in [5.74, 6) is 0.552. The highest BCUT2D eigenvalue weighted by molar-refractivity contribution is 7.99. The molecule has 174 valence electrons. The Morgan fingerprint density at radius 2 is 1.76 bits per heavy atom. The second kappa shape index (κ2) is 10.3. The maximum Gasteiger partial charge on any atom is 0.243 e. The lowest BCUT2D eigenvalue weighted by Gasteiger charge is -2.25. The molecule has 33 heavy (non-hydrogen) atoms. The van der Waals surface area contributed by atoms with Crippen LogP contribution in [-0.4, -0.2) is 64.8 Å². The zero-order valence-corrected chi connectivity index (χ0v) is 19.7. The number of piperidine rings is 1. The van der Waals surface area contributed by atoms with Gasteiger partial charge < -0.3 is 10.1 Å². The van der Waals surface area contributed by atoms with E-state index in [1.54, 1.807) is 31.4 Å². The number of ether oxygens (including phenoxy) is 1. The van der Waals surface area contributed by atoms with Crippen molar-refractivity contribution < 1.29 is 17.9 Å². The van der Waals surface area contributed by atoms with Crippen LogP contribution in [0.25, 0.3) is 5.69 Å². The average Bonchev–Trinajstić information content (AvgIpc) is 3.32. The summed E-state index contributed by atoms with van der Waals surface area (Å²) in [4.78, 5) is 12.6. The van der Waals surface area contributed by atoms with Crippen LogP contribution in [0.1, 0.15) is 19.3 Å². The summed E-state index contributed by atoms with van der Waals surface area (Å²) < 4.78 is 33.7. The number of sulfonamides is 1. The van der Waals surface area contributed by atoms with E-state index in [9.17, 15) is 13.2 Å². The van der Waals surface area contributed by atoms with Gasteiger partial charge in [-0.25, -0.2) is 8.42 Å². The molecule has 0 bridgehead atoms. The number of hydrogen-bond donors (Lipinski definition) is 1. The lowest BCUT2D eigenvalue weighted by Crippen LogP contribution is -2.35. The Bertz CT molecular complexity index is 1190. The molecule has 1 N–H and O–H groups in total. The summed E-state index contributed by atoms with van der Waals surface area (Å²) in [5.41, 5.74) is 1.27. The number of carbonyl (C=O) groups is 1. The molecule has 0 unspecified atom stereocenters. The third kappa shape index (κ3) is 5.52. The highest BCUT2D eigenvalue weighted by atomic mass is 32.2. The molecule has 0 saturated carbocycles. The SMILES string of the molecule is COc1ccc(-n2nnnc2SCC(=O)Nc2ccc(S(=O)(=O)N3CCCCC3)cc2)cc1. The van der Waals surface area contributed by atoms with E-state index >= 15 is 0 Å². The molecule has 1 fully saturated rings. The monoisotopic (exact) mass is 488 g/mol. The van der Waals surface area contributed by atoms with Gasteiger partial charge in [-0.05, 0) is 71.8 Å². The molecule has 4 rings (SSSR count). The molecule has 10 nitrogen and oxygen atoms in total. The lowest BCUT2D eigenvalue weighted by atomic mass is 10.2. The summed E-state index contributed by atoms with van der Waals surface area (Å²) in [6, 6.07) is 13.5. The van der Waals surface area contributed by atoms with Gasteiger partial charge in [-0.2, -0.15) is 8.99 Å². The fourth-order valence-corrected chi connectivity index (χ4v) is 5.65. The fraction of sp³-hybridized carbons (Fsp3) is 0.333. The number of rotatable bonds is 8. The highest BCUT2D eigenvalue weighted by Gasteiger charge is 2.25. The van der Waals surface area contributed by atoms with Crippen LogP contribution in [0, 0.1) is 0 Å². The van der Waals surface area contributed by atoms with Gasteiger partial charge in [0.15, 0.2) is 0 Å². The van der Waals surface area contributed by atoms with Crippen molar-refractivity contribution in [2.75, 3.05) is 31.3 Å². The van der Waals surface area contributed by atoms with Gasteiger partial charge in [-0.15, -0.1) is 5.10 Å². The molecule has 0 spiro atoms. The van der Waals surface area contributed by atoms with Crippen LogP contribution >= 0.6 is 11.8 Å². The van der Waals surface area contributed by atoms with Gasteiger partial charge in [0.25, 0.3) is 0 Å². The van der Waals surface area contributed by atoms with Gasteiger partial charge in [-0.1, -0.05) is 18.2 Å². The van der Waals surface area contributed by atoms with Crippen LogP contribution in [0.4, 0.5) is 5.69 Å². The summed E-state index contributed by atoms with van der Waals surface area (Å²) in [5, 5.41) is 14.9. The maximum absolute atomic E-state index is 12.7. The van der Waals surface area contributed by atoms with Gasteiger partial charge in [0.2, 0.25) is 21.1 Å². The van der Waals surface area contributed by atoms with Crippen molar-refractivity contribution in [2.45, 2.75) is 29.3 Å². The van der Waals surface area contributed by atoms with Crippen LogP contribution < -0.4 is 10.1 Å². The number of nitrogens with one attached hydrogen (secondary N) is 1. The van der Waals surface area contributed by atoms with Crippen molar-refractivity contribution in [1.82, 2.24) is 24.5 Å². The molecule has 1 aliphatic heterocycles. The van der Waals surface area contributed by atoms with Gasteiger partial charge in [0, 0.05) is 18.8 Å². The van der Waals surface area contributed by atoms with Crippen LogP contribution in [-0.2, 0) is 14.8 Å². The molecule has 0 radical (unpaired) electrons. The molecule has 0 aliphatic carbocycles. The van der Waals surface area contributed by atoms with E-state index in [1.807, 2.05) is 12.1 Å². The molecule has 3 aromatic rings. The number of thioether (sulfide) groups is 1. The number of benzene rings is 2. The molecule has 1 aliphatic rings. The average molecular weight is 489 g/mol. The van der Waals surface area contributed by atoms with Crippen molar-refractivity contribution in [3.8, 4) is 11.4 Å². The van der Waals surface area contributed by atoms with E-state index in [-0.39, 0.29) is 16.6 Å². The molecule has 1 aromatic heterocycles. The van der Waals surface area contributed by atoms with Gasteiger partial charge in [0.05, 0.1) is 23.4 Å². The zero-order chi connectivity index (χ0) is 23.3. The van der Waals surface area contributed by atoms with E-state index in [1.165, 1.54) is 32.9 Å². The lowest BCUT2D eigenvalue weighted by molar-refractivity contribution is -0.113. The molecule has 0 atom stereocenters. The number of tetrazole rings is 1. The van der Waals surface area contributed by atoms with Crippen molar-refractivity contribution >= 4 is 33.4 Å². The fourth-order valence-electron chi connectivity index (χ4n) is 3.45. The normalized spacial score (nSPS) is 14.7. The molecule has 2 aromatic carbocycles. The molecular formula is C21H24N6O4S2. The second-order valence-electron chi connectivity index (χ2n) is 7.40. The predicted octanol–water partition coefficient (Wildman–Crippen LogP) is 2.58. The number of aromatic nitrogens is 4. The summed E-state index contributed by atoms with van der Waals surface area (Å²) in [6.45, 7) is 1.10. The largest absolute Gasteiger partial charge is 0.497 e. The second-order valence-corrected chi connectivity index (χ2v) is 10.3. The highest BCUT2D eigenvalue weighted by Crippen LogP contribution is 2.23. The molecule has 12 heteroatoms. The predicted molar refractivity (Wildman–Crippen MR) is 124 cm³/mol. The molecular weight excluding hydrogens is 464 g/mol. The summed E-state index contributed by atoms with van der Waals surface area (Å²) in [7, 11) is -1.91. The van der Waals surface area contributed by atoms with Gasteiger partial charge >= 0.3 is 0 Å². The Balaban J connectivity index is 1.35. The summed E-state index contributed by atoms with van der Waals surface area (Å²) >= 11 is 1.19. The van der Waals surface area contributed by atoms with E-state index in [4.69, 9.17) is 4.74 Å². The number of nitrogens with zero attached hydrogens (tertiary/aromatic N) is 5. The zero-order valence-electron chi connectivity index (χ0n) is 18.0. The molecule has 1 amide bonds. The Labute approximate surface area is 196 Å². The first-order valence-corrected chi connectivity index (χ1v) is 12.9. The van der Waals surface area contributed by atoms with E-state index in [2.05, 4.69) is 20.8 Å². The Hall–Kier alpha value is -2.96. The third-order valence-corrected chi connectivity index (χ3v) is 8.01. The molecule has 2 heterocycles. The number of anilines is 1. The number of hydrogen-bond acceptors (Lipinski definition) is 8. The minimum absolute atomic E-state index is 0.0877. The van der Waals surface area contributed by atoms with Crippen LogP contribution in [0.5, 0.6) is 5.75 Å². The van der Waals surface area contributed by atoms with Crippen LogP contribution in [0.2, 0.25) is 0 Å².